The number of ether oxygens (including phenoxy) is 1. The van der Waals surface area contributed by atoms with Crippen molar-refractivity contribution in [2.75, 3.05) is 42.9 Å². The Labute approximate surface area is 172 Å². The van der Waals surface area contributed by atoms with Gasteiger partial charge in [0.25, 0.3) is 0 Å². The van der Waals surface area contributed by atoms with Gasteiger partial charge in [0.1, 0.15) is 0 Å². The number of para-hydroxylation sites is 2. The minimum absolute atomic E-state index is 0.519. The van der Waals surface area contributed by atoms with Gasteiger partial charge in [-0.1, -0.05) is 36.4 Å². The van der Waals surface area contributed by atoms with Crippen molar-refractivity contribution in [2.24, 2.45) is 0 Å². The van der Waals surface area contributed by atoms with Crippen molar-refractivity contribution in [3.05, 3.63) is 66.9 Å². The zero-order valence-corrected chi connectivity index (χ0v) is 17.0. The molecule has 150 valence electrons. The van der Waals surface area contributed by atoms with Gasteiger partial charge in [-0.2, -0.15) is 4.98 Å². The van der Waals surface area contributed by atoms with E-state index < -0.39 is 10.8 Å². The average molecular weight is 410 g/mol. The molecule has 1 N–H and O–H groups in total. The largest absolute Gasteiger partial charge is 0.379 e. The van der Waals surface area contributed by atoms with E-state index in [1.807, 2.05) is 65.7 Å². The molecule has 8 heteroatoms. The number of nitrogens with zero attached hydrogens (tertiary/aromatic N) is 4. The van der Waals surface area contributed by atoms with Crippen LogP contribution in [-0.2, 0) is 15.5 Å². The summed E-state index contributed by atoms with van der Waals surface area (Å²) in [4.78, 5) is 9.89. The minimum atomic E-state index is -1.22. The summed E-state index contributed by atoms with van der Waals surface area (Å²) in [6.45, 7) is 2.77. The Balaban J connectivity index is 1.76. The van der Waals surface area contributed by atoms with Crippen molar-refractivity contribution in [2.45, 2.75) is 4.90 Å². The molecule has 0 saturated carbocycles. The molecule has 1 unspecified atom stereocenters. The lowest BCUT2D eigenvalue weighted by Gasteiger charge is -2.37. The Bertz CT molecular complexity index is 965. The lowest BCUT2D eigenvalue weighted by Crippen LogP contribution is -2.47. The lowest BCUT2D eigenvalue weighted by atomic mass is 10.3. The number of hydrogen-bond donors (Lipinski definition) is 1. The molecule has 1 fully saturated rings. The zero-order valence-electron chi connectivity index (χ0n) is 16.2. The second kappa shape index (κ2) is 9.13. The van der Waals surface area contributed by atoms with Gasteiger partial charge in [-0.25, -0.2) is 15.0 Å². The number of nitrogens with one attached hydrogen (secondary N) is 1. The first kappa shape index (κ1) is 19.5. The van der Waals surface area contributed by atoms with Gasteiger partial charge in [-0.3, -0.25) is 4.21 Å². The van der Waals surface area contributed by atoms with Crippen molar-refractivity contribution < 1.29 is 8.95 Å². The first-order valence-electron chi connectivity index (χ1n) is 9.43. The molecule has 1 atom stereocenters. The summed E-state index contributed by atoms with van der Waals surface area (Å²) in [5, 5.41) is 7.46. The second-order valence-corrected chi connectivity index (χ2v) is 7.89. The smallest absolute Gasteiger partial charge is 0.247 e. The predicted octanol–water partition coefficient (Wildman–Crippen LogP) is 3.34. The lowest BCUT2D eigenvalue weighted by molar-refractivity contribution is 0.0371. The van der Waals surface area contributed by atoms with Crippen LogP contribution in [0.1, 0.15) is 0 Å². The van der Waals surface area contributed by atoms with Gasteiger partial charge in [-0.05, 0) is 24.3 Å². The molecule has 0 radical (unpaired) electrons. The number of anilines is 4. The third kappa shape index (κ3) is 4.61. The summed E-state index contributed by atoms with van der Waals surface area (Å²) in [5.74, 6) is 1.06. The van der Waals surface area contributed by atoms with Gasteiger partial charge in [0.05, 0.1) is 40.8 Å². The molecule has 2 aromatic carbocycles. The van der Waals surface area contributed by atoms with Gasteiger partial charge in [0.15, 0.2) is 5.82 Å². The fourth-order valence-electron chi connectivity index (χ4n) is 3.15. The molecule has 7 nitrogen and oxygen atoms in total. The summed E-state index contributed by atoms with van der Waals surface area (Å²) < 4.78 is 17.8. The summed E-state index contributed by atoms with van der Waals surface area (Å²) in [5.41, 5.74) is 1.84. The Morgan fingerprint density at radius 2 is 1.69 bits per heavy atom. The normalized spacial score (nSPS) is 15.6. The predicted molar refractivity (Wildman–Crippen MR) is 115 cm³/mol. The highest BCUT2D eigenvalue weighted by molar-refractivity contribution is 7.84. The summed E-state index contributed by atoms with van der Waals surface area (Å²) in [6, 6.07) is 19.7. The number of aromatic nitrogens is 2. The number of hydrazine groups is 1. The molecule has 0 amide bonds. The zero-order chi connectivity index (χ0) is 20.1. The molecule has 2 heterocycles. The Kier molecular flexibility index (Phi) is 6.14. The van der Waals surface area contributed by atoms with Crippen LogP contribution in [0.2, 0.25) is 0 Å². The second-order valence-electron chi connectivity index (χ2n) is 6.54. The van der Waals surface area contributed by atoms with E-state index in [-0.39, 0.29) is 0 Å². The fourth-order valence-corrected chi connectivity index (χ4v) is 3.72. The van der Waals surface area contributed by atoms with Crippen LogP contribution in [0.4, 0.5) is 23.1 Å². The highest BCUT2D eigenvalue weighted by Gasteiger charge is 2.24. The van der Waals surface area contributed by atoms with Crippen molar-refractivity contribution >= 4 is 33.9 Å². The molecule has 0 spiro atoms. The highest BCUT2D eigenvalue weighted by Crippen LogP contribution is 2.29. The van der Waals surface area contributed by atoms with Gasteiger partial charge >= 0.3 is 0 Å². The SMILES string of the molecule is CS(=O)c1cnc(N(c2ccccc2)N2CCOCC2)nc1Nc1ccccc1. The van der Waals surface area contributed by atoms with Crippen LogP contribution in [-0.4, -0.2) is 51.7 Å². The van der Waals surface area contributed by atoms with Gasteiger partial charge in [-0.15, -0.1) is 0 Å². The molecule has 3 aromatic rings. The minimum Gasteiger partial charge on any atom is -0.379 e. The van der Waals surface area contributed by atoms with E-state index in [0.717, 1.165) is 24.5 Å². The van der Waals surface area contributed by atoms with E-state index in [2.05, 4.69) is 15.3 Å². The first-order chi connectivity index (χ1) is 14.2. The van der Waals surface area contributed by atoms with Crippen LogP contribution in [0, 0.1) is 0 Å². The Hall–Kier alpha value is -2.81. The van der Waals surface area contributed by atoms with E-state index in [4.69, 9.17) is 9.72 Å². The van der Waals surface area contributed by atoms with E-state index in [1.54, 1.807) is 12.5 Å². The maximum Gasteiger partial charge on any atom is 0.247 e. The molecule has 29 heavy (non-hydrogen) atoms. The molecular formula is C21H23N5O2S. The molecular weight excluding hydrogens is 386 g/mol. The van der Waals surface area contributed by atoms with Crippen LogP contribution in [0.5, 0.6) is 0 Å². The maximum absolute atomic E-state index is 12.3. The third-order valence-electron chi connectivity index (χ3n) is 4.55. The molecule has 4 rings (SSSR count). The maximum atomic E-state index is 12.3. The monoisotopic (exact) mass is 409 g/mol. The van der Waals surface area contributed by atoms with Gasteiger partial charge in [0, 0.05) is 25.0 Å². The molecule has 1 aromatic heterocycles. The van der Waals surface area contributed by atoms with Gasteiger partial charge in [0.2, 0.25) is 5.95 Å². The topological polar surface area (TPSA) is 70.6 Å². The van der Waals surface area contributed by atoms with E-state index in [1.165, 1.54) is 0 Å². The molecule has 1 saturated heterocycles. The molecule has 0 aliphatic carbocycles. The number of hydrogen-bond acceptors (Lipinski definition) is 7. The standard InChI is InChI=1S/C21H23N5O2S/c1-29(27)19-16-22-21(24-20(19)23-17-8-4-2-5-9-17)26(18-10-6-3-7-11-18)25-12-14-28-15-13-25/h2-11,16H,12-15H2,1H3,(H,22,23,24). The van der Waals surface area contributed by atoms with Crippen LogP contribution < -0.4 is 10.3 Å². The highest BCUT2D eigenvalue weighted by atomic mass is 32.2. The Morgan fingerprint density at radius 3 is 2.34 bits per heavy atom. The summed E-state index contributed by atoms with van der Waals surface area (Å²) in [7, 11) is -1.22. The van der Waals surface area contributed by atoms with Crippen molar-refractivity contribution in [1.29, 1.82) is 0 Å². The fraction of sp³-hybridized carbons (Fsp3) is 0.238. The first-order valence-corrected chi connectivity index (χ1v) is 11.0. The number of morpholine rings is 1. The third-order valence-corrected chi connectivity index (χ3v) is 5.47. The van der Waals surface area contributed by atoms with Crippen molar-refractivity contribution in [1.82, 2.24) is 15.0 Å². The van der Waals surface area contributed by atoms with E-state index in [0.29, 0.717) is 29.9 Å². The van der Waals surface area contributed by atoms with Crippen LogP contribution in [0.3, 0.4) is 0 Å². The Morgan fingerprint density at radius 1 is 1.03 bits per heavy atom. The molecule has 1 aliphatic heterocycles. The van der Waals surface area contributed by atoms with E-state index in [9.17, 15) is 4.21 Å². The van der Waals surface area contributed by atoms with Gasteiger partial charge < -0.3 is 10.1 Å². The number of benzene rings is 2. The number of rotatable bonds is 6. The summed E-state index contributed by atoms with van der Waals surface area (Å²) in [6.07, 6.45) is 3.27. The molecule has 0 bridgehead atoms. The average Bonchev–Trinajstić information content (AvgIpc) is 2.76. The summed E-state index contributed by atoms with van der Waals surface area (Å²) >= 11 is 0. The molecule has 1 aliphatic rings. The van der Waals surface area contributed by atoms with Crippen molar-refractivity contribution in [3.63, 3.8) is 0 Å². The van der Waals surface area contributed by atoms with Crippen LogP contribution in [0.25, 0.3) is 0 Å². The van der Waals surface area contributed by atoms with Crippen LogP contribution >= 0.6 is 0 Å². The van der Waals surface area contributed by atoms with E-state index >= 15 is 0 Å². The quantitative estimate of drug-likeness (QED) is 0.669. The van der Waals surface area contributed by atoms with Crippen LogP contribution in [0.15, 0.2) is 71.8 Å². The van der Waals surface area contributed by atoms with Crippen molar-refractivity contribution in [3.8, 4) is 0 Å².